The molecule has 0 saturated heterocycles. The minimum atomic E-state index is 0.639. The molecule has 15 heavy (non-hydrogen) atoms. The summed E-state index contributed by atoms with van der Waals surface area (Å²) in [5.41, 5.74) is 0. The lowest BCUT2D eigenvalue weighted by molar-refractivity contribution is 0.444. The number of fused-ring (bicyclic) bond motifs is 1. The fourth-order valence-corrected chi connectivity index (χ4v) is 2.55. The molecule has 0 aromatic heterocycles. The molecule has 1 aliphatic rings. The van der Waals surface area contributed by atoms with Crippen LogP contribution in [0.15, 0.2) is 60.1 Å². The molecule has 0 N–H and O–H groups in total. The molecule has 0 fully saturated rings. The molecule has 0 saturated carbocycles. The van der Waals surface area contributed by atoms with Crippen molar-refractivity contribution in [2.24, 2.45) is 0 Å². The Kier molecular flexibility index (Phi) is 3.03. The third-order valence-corrected chi connectivity index (χ3v) is 3.57. The van der Waals surface area contributed by atoms with Crippen LogP contribution >= 0.6 is 8.58 Å². The lowest BCUT2D eigenvalue weighted by Gasteiger charge is -2.19. The minimum absolute atomic E-state index is 0.639. The Bertz CT molecular complexity index is 444. The van der Waals surface area contributed by atoms with Gasteiger partial charge in [-0.3, -0.25) is 0 Å². The van der Waals surface area contributed by atoms with Crippen molar-refractivity contribution in [1.29, 1.82) is 0 Å². The predicted molar refractivity (Wildman–Crippen MR) is 67.1 cm³/mol. The molecule has 1 aromatic rings. The summed E-state index contributed by atoms with van der Waals surface area (Å²) in [6, 6.07) is 8.14. The van der Waals surface area contributed by atoms with Gasteiger partial charge in [-0.2, -0.15) is 0 Å². The van der Waals surface area contributed by atoms with E-state index in [0.717, 1.165) is 11.5 Å². The van der Waals surface area contributed by atoms with E-state index < -0.39 is 0 Å². The summed E-state index contributed by atoms with van der Waals surface area (Å²) in [5, 5.41) is 2.42. The van der Waals surface area contributed by atoms with Gasteiger partial charge >= 0.3 is 0 Å². The van der Waals surface area contributed by atoms with Crippen LogP contribution in [0.5, 0.6) is 5.75 Å². The Hall–Kier alpha value is -1.33. The summed E-state index contributed by atoms with van der Waals surface area (Å²) in [6.45, 7) is 5.81. The fourth-order valence-electron chi connectivity index (χ4n) is 1.47. The molecule has 2 heteroatoms. The quantitative estimate of drug-likeness (QED) is 0.689. The third kappa shape index (κ3) is 2.03. The minimum Gasteiger partial charge on any atom is -0.456 e. The van der Waals surface area contributed by atoms with Gasteiger partial charge in [0.2, 0.25) is 0 Å². The number of hydrogen-bond acceptors (Lipinski definition) is 1. The third-order valence-electron chi connectivity index (χ3n) is 2.16. The molecular formula is C13H13OP. The smallest absolute Gasteiger partial charge is 0.135 e. The zero-order valence-electron chi connectivity index (χ0n) is 8.66. The normalized spacial score (nSPS) is 16.6. The highest BCUT2D eigenvalue weighted by molar-refractivity contribution is 7.52. The number of rotatable bonds is 2. The average molecular weight is 216 g/mol. The molecule has 0 aliphatic carbocycles. The lowest BCUT2D eigenvalue weighted by atomic mass is 10.3. The Morgan fingerprint density at radius 3 is 2.87 bits per heavy atom. The van der Waals surface area contributed by atoms with Gasteiger partial charge in [0.15, 0.2) is 0 Å². The number of benzene rings is 1. The number of allylic oxidation sites excluding steroid dienone is 4. The maximum absolute atomic E-state index is 5.80. The van der Waals surface area contributed by atoms with Crippen LogP contribution in [-0.4, -0.2) is 0 Å². The molecule has 0 bridgehead atoms. The Morgan fingerprint density at radius 1 is 1.33 bits per heavy atom. The van der Waals surface area contributed by atoms with Crippen LogP contribution in [-0.2, 0) is 0 Å². The summed E-state index contributed by atoms with van der Waals surface area (Å²) in [4.78, 5) is 0. The molecule has 1 heterocycles. The molecule has 0 spiro atoms. The maximum Gasteiger partial charge on any atom is 0.135 e. The second-order valence-corrected chi connectivity index (χ2v) is 4.53. The van der Waals surface area contributed by atoms with E-state index >= 15 is 0 Å². The molecule has 0 radical (unpaired) electrons. The maximum atomic E-state index is 5.80. The van der Waals surface area contributed by atoms with Crippen LogP contribution in [0, 0.1) is 0 Å². The molecular weight excluding hydrogens is 203 g/mol. The van der Waals surface area contributed by atoms with Gasteiger partial charge in [0.1, 0.15) is 11.5 Å². The second-order valence-electron chi connectivity index (χ2n) is 3.21. The standard InChI is InChI=1S/C13H13OP/c1-3-7-10-12(4-2)15-13-9-6-5-8-11(13)14-10/h3-9,15H,2H2,1H3/b7-3-. The number of para-hydroxylation sites is 1. The Balaban J connectivity index is 2.41. The molecule has 2 rings (SSSR count). The van der Waals surface area contributed by atoms with Crippen LogP contribution in [0.3, 0.4) is 0 Å². The summed E-state index contributed by atoms with van der Waals surface area (Å²) in [6.07, 6.45) is 5.85. The van der Waals surface area contributed by atoms with E-state index in [1.54, 1.807) is 0 Å². The van der Waals surface area contributed by atoms with Crippen LogP contribution in [0.4, 0.5) is 0 Å². The summed E-state index contributed by atoms with van der Waals surface area (Å²) < 4.78 is 5.80. The monoisotopic (exact) mass is 216 g/mol. The summed E-state index contributed by atoms with van der Waals surface area (Å²) in [5.74, 6) is 1.89. The van der Waals surface area contributed by atoms with Crippen molar-refractivity contribution in [3.05, 3.63) is 60.1 Å². The molecule has 1 aliphatic heterocycles. The average Bonchev–Trinajstić information content (AvgIpc) is 2.28. The predicted octanol–water partition coefficient (Wildman–Crippen LogP) is 3.36. The van der Waals surface area contributed by atoms with Gasteiger partial charge in [-0.25, -0.2) is 0 Å². The van der Waals surface area contributed by atoms with E-state index in [2.05, 4.69) is 12.6 Å². The fraction of sp³-hybridized carbons (Fsp3) is 0.0769. The molecule has 76 valence electrons. The van der Waals surface area contributed by atoms with Gasteiger partial charge < -0.3 is 4.74 Å². The van der Waals surface area contributed by atoms with Crippen LogP contribution in [0.2, 0.25) is 0 Å². The first-order valence-electron chi connectivity index (χ1n) is 4.88. The van der Waals surface area contributed by atoms with Crippen molar-refractivity contribution in [3.63, 3.8) is 0 Å². The van der Waals surface area contributed by atoms with Gasteiger partial charge in [-0.1, -0.05) is 45.5 Å². The topological polar surface area (TPSA) is 9.23 Å². The van der Waals surface area contributed by atoms with E-state index in [1.807, 2.05) is 43.4 Å². The van der Waals surface area contributed by atoms with Crippen LogP contribution in [0.1, 0.15) is 6.92 Å². The summed E-state index contributed by atoms with van der Waals surface area (Å²) >= 11 is 0. The molecule has 1 aromatic carbocycles. The Morgan fingerprint density at radius 2 is 2.13 bits per heavy atom. The van der Waals surface area contributed by atoms with Gasteiger partial charge in [0.25, 0.3) is 0 Å². The molecule has 0 amide bonds. The van der Waals surface area contributed by atoms with Crippen molar-refractivity contribution in [2.45, 2.75) is 6.92 Å². The van der Waals surface area contributed by atoms with E-state index in [0.29, 0.717) is 8.58 Å². The van der Waals surface area contributed by atoms with Gasteiger partial charge in [0.05, 0.1) is 0 Å². The second kappa shape index (κ2) is 4.46. The van der Waals surface area contributed by atoms with E-state index in [9.17, 15) is 0 Å². The zero-order chi connectivity index (χ0) is 10.7. The van der Waals surface area contributed by atoms with Gasteiger partial charge in [-0.15, -0.1) is 0 Å². The first-order chi connectivity index (χ1) is 7.35. The first kappa shape index (κ1) is 10.2. The van der Waals surface area contributed by atoms with Gasteiger partial charge in [-0.05, 0) is 19.1 Å². The van der Waals surface area contributed by atoms with E-state index in [4.69, 9.17) is 4.74 Å². The molecule has 1 unspecified atom stereocenters. The largest absolute Gasteiger partial charge is 0.456 e. The first-order valence-corrected chi connectivity index (χ1v) is 5.88. The molecule has 1 atom stereocenters. The van der Waals surface area contributed by atoms with Crippen molar-refractivity contribution >= 4 is 13.9 Å². The van der Waals surface area contributed by atoms with Crippen molar-refractivity contribution < 1.29 is 4.74 Å². The highest BCUT2D eigenvalue weighted by Crippen LogP contribution is 2.36. The van der Waals surface area contributed by atoms with Crippen molar-refractivity contribution in [1.82, 2.24) is 0 Å². The highest BCUT2D eigenvalue weighted by Gasteiger charge is 2.15. The Labute approximate surface area is 91.9 Å². The summed E-state index contributed by atoms with van der Waals surface area (Å²) in [7, 11) is 0.639. The number of hydrogen-bond donors (Lipinski definition) is 0. The van der Waals surface area contributed by atoms with Crippen LogP contribution < -0.4 is 10.0 Å². The zero-order valence-corrected chi connectivity index (χ0v) is 9.66. The SMILES string of the molecule is C=CC1=C(/C=C\C)Oc2ccccc2P1. The number of ether oxygens (including phenoxy) is 1. The lowest BCUT2D eigenvalue weighted by Crippen LogP contribution is -2.09. The highest BCUT2D eigenvalue weighted by atomic mass is 31.1. The van der Waals surface area contributed by atoms with Crippen LogP contribution in [0.25, 0.3) is 0 Å². The van der Waals surface area contributed by atoms with Crippen molar-refractivity contribution in [2.75, 3.05) is 0 Å². The molecule has 1 nitrogen and oxygen atoms in total. The van der Waals surface area contributed by atoms with Crippen molar-refractivity contribution in [3.8, 4) is 5.75 Å². The van der Waals surface area contributed by atoms with E-state index in [1.165, 1.54) is 10.6 Å². The van der Waals surface area contributed by atoms with Gasteiger partial charge in [0, 0.05) is 10.6 Å². The van der Waals surface area contributed by atoms with E-state index in [-0.39, 0.29) is 0 Å².